The first-order chi connectivity index (χ1) is 9.40. The molecule has 0 radical (unpaired) electrons. The van der Waals surface area contributed by atoms with Crippen LogP contribution < -0.4 is 4.90 Å². The van der Waals surface area contributed by atoms with Crippen molar-refractivity contribution in [2.24, 2.45) is 0 Å². The minimum absolute atomic E-state index is 0.524. The van der Waals surface area contributed by atoms with E-state index in [0.29, 0.717) is 20.5 Å². The van der Waals surface area contributed by atoms with E-state index in [2.05, 4.69) is 35.9 Å². The van der Waals surface area contributed by atoms with Crippen LogP contribution in [-0.2, 0) is 0 Å². The maximum atomic E-state index is 4.45. The summed E-state index contributed by atoms with van der Waals surface area (Å²) >= 11 is 2.28. The summed E-state index contributed by atoms with van der Waals surface area (Å²) in [6.45, 7) is 4.79. The molecule has 2 bridgehead atoms. The molecule has 3 aliphatic rings. The van der Waals surface area contributed by atoms with Crippen LogP contribution in [0.25, 0.3) is 10.6 Å². The van der Waals surface area contributed by atoms with Gasteiger partial charge in [0.2, 0.25) is 0 Å². The van der Waals surface area contributed by atoms with Gasteiger partial charge in [-0.25, -0.2) is 0 Å². The fraction of sp³-hybridized carbons (Fsp3) is 0.538. The topological polar surface area (TPSA) is 32.3 Å². The summed E-state index contributed by atoms with van der Waals surface area (Å²) in [5, 5.41) is 11.1. The standard InChI is InChI=1S/C13H16N4SSe/c1-4-16-5-2-11(1)17(7-6-16)13-15-14-12(18-13)10-3-8-19-9-10/h3,8-9,11H,1-2,4-7H2. The Labute approximate surface area is 122 Å². The Kier molecular flexibility index (Phi) is 3.19. The van der Waals surface area contributed by atoms with E-state index in [1.54, 1.807) is 11.3 Å². The number of rotatable bonds is 2. The van der Waals surface area contributed by atoms with Gasteiger partial charge < -0.3 is 0 Å². The molecule has 0 saturated carbocycles. The summed E-state index contributed by atoms with van der Waals surface area (Å²) in [5.74, 6) is 0. The monoisotopic (exact) mass is 340 g/mol. The van der Waals surface area contributed by atoms with Gasteiger partial charge in [0.05, 0.1) is 0 Å². The number of hydrogen-bond donors (Lipinski definition) is 0. The number of hydrogen-bond acceptors (Lipinski definition) is 5. The molecule has 6 heteroatoms. The van der Waals surface area contributed by atoms with E-state index in [1.165, 1.54) is 38.0 Å². The number of aromatic nitrogens is 2. The van der Waals surface area contributed by atoms with Gasteiger partial charge in [-0.2, -0.15) is 0 Å². The van der Waals surface area contributed by atoms with Gasteiger partial charge in [0.15, 0.2) is 0 Å². The Bertz CT molecular complexity index is 545. The Hall–Kier alpha value is -0.681. The first-order valence-electron chi connectivity index (χ1n) is 6.75. The minimum atomic E-state index is 0.524. The van der Waals surface area contributed by atoms with Crippen molar-refractivity contribution in [3.63, 3.8) is 0 Å². The third-order valence-electron chi connectivity index (χ3n) is 4.08. The van der Waals surface area contributed by atoms with E-state index in [-0.39, 0.29) is 0 Å². The molecule has 0 atom stereocenters. The molecule has 5 rings (SSSR count). The van der Waals surface area contributed by atoms with E-state index >= 15 is 0 Å². The summed E-state index contributed by atoms with van der Waals surface area (Å²) in [4.78, 5) is 9.60. The van der Waals surface area contributed by atoms with Gasteiger partial charge in [0.1, 0.15) is 0 Å². The zero-order valence-corrected chi connectivity index (χ0v) is 13.2. The van der Waals surface area contributed by atoms with Gasteiger partial charge in [-0.1, -0.05) is 0 Å². The molecule has 2 aromatic rings. The maximum absolute atomic E-state index is 4.45. The van der Waals surface area contributed by atoms with Crippen LogP contribution in [0.3, 0.4) is 0 Å². The second-order valence-electron chi connectivity index (χ2n) is 5.17. The first kappa shape index (κ1) is 12.1. The summed E-state index contributed by atoms with van der Waals surface area (Å²) in [5.41, 5.74) is 1.27. The van der Waals surface area contributed by atoms with Crippen molar-refractivity contribution in [1.82, 2.24) is 15.1 Å². The van der Waals surface area contributed by atoms with Crippen molar-refractivity contribution in [3.05, 3.63) is 15.9 Å². The van der Waals surface area contributed by atoms with E-state index in [9.17, 15) is 0 Å². The first-order valence-corrected chi connectivity index (χ1v) is 9.55. The third kappa shape index (κ3) is 2.27. The molecule has 4 nitrogen and oxygen atoms in total. The Morgan fingerprint density at radius 2 is 2.05 bits per heavy atom. The van der Waals surface area contributed by atoms with Crippen molar-refractivity contribution in [1.29, 1.82) is 0 Å². The molecule has 100 valence electrons. The molecule has 3 saturated heterocycles. The molecule has 19 heavy (non-hydrogen) atoms. The van der Waals surface area contributed by atoms with Crippen LogP contribution >= 0.6 is 11.3 Å². The SMILES string of the molecule is c1cc(-c2nnc(N3CCN4CCC3CC4)s2)c[se]1. The normalized spacial score (nSPS) is 26.6. The number of fused-ring (bicyclic) bond motifs is 4. The Morgan fingerprint density at radius 3 is 2.84 bits per heavy atom. The van der Waals surface area contributed by atoms with Gasteiger partial charge in [0.25, 0.3) is 0 Å². The summed E-state index contributed by atoms with van der Waals surface area (Å²) in [6, 6.07) is 2.86. The summed E-state index contributed by atoms with van der Waals surface area (Å²) in [6.07, 6.45) is 2.56. The van der Waals surface area contributed by atoms with Crippen LogP contribution in [0.5, 0.6) is 0 Å². The van der Waals surface area contributed by atoms with E-state index < -0.39 is 0 Å². The van der Waals surface area contributed by atoms with Crippen LogP contribution in [0, 0.1) is 0 Å². The molecular weight excluding hydrogens is 323 g/mol. The van der Waals surface area contributed by atoms with Crippen molar-refractivity contribution >= 4 is 31.0 Å². The molecule has 0 aliphatic carbocycles. The van der Waals surface area contributed by atoms with Crippen molar-refractivity contribution in [2.75, 3.05) is 31.1 Å². The molecule has 3 aliphatic heterocycles. The summed E-state index contributed by atoms with van der Waals surface area (Å²) < 4.78 is 0. The third-order valence-corrected chi connectivity index (χ3v) is 6.53. The van der Waals surface area contributed by atoms with Crippen LogP contribution in [0.4, 0.5) is 5.13 Å². The van der Waals surface area contributed by atoms with Gasteiger partial charge >= 0.3 is 123 Å². The van der Waals surface area contributed by atoms with Crippen molar-refractivity contribution < 1.29 is 0 Å². The average Bonchev–Trinajstić information content (AvgIpc) is 3.05. The van der Waals surface area contributed by atoms with Gasteiger partial charge in [-0.3, -0.25) is 0 Å². The van der Waals surface area contributed by atoms with Crippen LogP contribution in [0.1, 0.15) is 12.8 Å². The van der Waals surface area contributed by atoms with Crippen LogP contribution in [0.2, 0.25) is 0 Å². The molecule has 5 heterocycles. The zero-order valence-electron chi connectivity index (χ0n) is 10.7. The number of anilines is 1. The van der Waals surface area contributed by atoms with Crippen molar-refractivity contribution in [3.8, 4) is 10.6 Å². The quantitative estimate of drug-likeness (QED) is 0.777. The molecule has 0 amide bonds. The van der Waals surface area contributed by atoms with Gasteiger partial charge in [0, 0.05) is 0 Å². The number of piperidine rings is 1. The van der Waals surface area contributed by atoms with Crippen LogP contribution in [-0.4, -0.2) is 61.8 Å². The zero-order chi connectivity index (χ0) is 12.7. The molecule has 0 N–H and O–H groups in total. The fourth-order valence-electron chi connectivity index (χ4n) is 2.97. The average molecular weight is 339 g/mol. The molecular formula is C13H16N4SSe. The summed E-state index contributed by atoms with van der Waals surface area (Å²) in [7, 11) is 0. The van der Waals surface area contributed by atoms with Gasteiger partial charge in [-0.15, -0.1) is 0 Å². The molecule has 2 aromatic heterocycles. The fourth-order valence-corrected chi connectivity index (χ4v) is 5.42. The van der Waals surface area contributed by atoms with Crippen molar-refractivity contribution in [2.45, 2.75) is 18.9 Å². The predicted molar refractivity (Wildman–Crippen MR) is 79.1 cm³/mol. The molecule has 0 spiro atoms. The van der Waals surface area contributed by atoms with Gasteiger partial charge in [-0.05, 0) is 0 Å². The molecule has 0 aromatic carbocycles. The van der Waals surface area contributed by atoms with E-state index in [4.69, 9.17) is 0 Å². The van der Waals surface area contributed by atoms with Crippen LogP contribution in [0.15, 0.2) is 15.9 Å². The second-order valence-corrected chi connectivity index (χ2v) is 7.76. The molecule has 0 unspecified atom stereocenters. The Morgan fingerprint density at radius 1 is 1.16 bits per heavy atom. The molecule has 3 fully saturated rings. The Balaban J connectivity index is 1.62. The predicted octanol–water partition coefficient (Wildman–Crippen LogP) is 1.55. The van der Waals surface area contributed by atoms with E-state index in [1.807, 2.05) is 0 Å². The second kappa shape index (κ2) is 5.02. The number of nitrogens with zero attached hydrogens (tertiary/aromatic N) is 4. The van der Waals surface area contributed by atoms with E-state index in [0.717, 1.165) is 16.7 Å².